The van der Waals surface area contributed by atoms with E-state index < -0.39 is 0 Å². The molecule has 0 bridgehead atoms. The zero-order valence-corrected chi connectivity index (χ0v) is 18.1. The Kier molecular flexibility index (Phi) is 5.58. The van der Waals surface area contributed by atoms with Gasteiger partial charge in [-0.25, -0.2) is 14.6 Å². The molecule has 1 amide bonds. The van der Waals surface area contributed by atoms with Crippen molar-refractivity contribution in [2.45, 2.75) is 38.6 Å². The first-order valence-electron chi connectivity index (χ1n) is 11.0. The van der Waals surface area contributed by atoms with E-state index in [1.54, 1.807) is 12.4 Å². The first-order chi connectivity index (χ1) is 15.7. The minimum Gasteiger partial charge on any atom is -0.343 e. The smallest absolute Gasteiger partial charge is 0.224 e. The van der Waals surface area contributed by atoms with E-state index in [1.807, 2.05) is 59.1 Å². The molecule has 0 aliphatic carbocycles. The van der Waals surface area contributed by atoms with Gasteiger partial charge in [-0.05, 0) is 49.6 Å². The highest BCUT2D eigenvalue weighted by Crippen LogP contribution is 2.33. The van der Waals surface area contributed by atoms with Crippen LogP contribution in [-0.2, 0) is 11.3 Å². The normalized spacial score (nSPS) is 14.7. The molecule has 1 aliphatic rings. The molecule has 1 aromatic carbocycles. The second-order valence-electron chi connectivity index (χ2n) is 8.16. The van der Waals surface area contributed by atoms with Crippen molar-refractivity contribution < 1.29 is 4.79 Å². The molecule has 4 aromatic rings. The summed E-state index contributed by atoms with van der Waals surface area (Å²) in [6.07, 6.45) is 7.70. The van der Waals surface area contributed by atoms with Crippen molar-refractivity contribution in [1.29, 1.82) is 0 Å². The average Bonchev–Trinajstić information content (AvgIpc) is 3.26. The average molecular weight is 428 g/mol. The van der Waals surface area contributed by atoms with Crippen LogP contribution in [0.15, 0.2) is 55.0 Å². The Morgan fingerprint density at radius 1 is 1.09 bits per heavy atom. The van der Waals surface area contributed by atoms with Gasteiger partial charge in [-0.3, -0.25) is 9.78 Å². The molecule has 0 atom stereocenters. The third kappa shape index (κ3) is 4.08. The lowest BCUT2D eigenvalue weighted by molar-refractivity contribution is -0.132. The highest BCUT2D eigenvalue weighted by molar-refractivity contribution is 5.77. The second kappa shape index (κ2) is 8.82. The Morgan fingerprint density at radius 2 is 1.88 bits per heavy atom. The molecule has 3 aromatic heterocycles. The minimum atomic E-state index is 0.163. The maximum Gasteiger partial charge on any atom is 0.224 e. The fourth-order valence-electron chi connectivity index (χ4n) is 4.40. The Morgan fingerprint density at radius 3 is 2.69 bits per heavy atom. The number of carbonyl (C=O) groups is 1. The third-order valence-electron chi connectivity index (χ3n) is 6.12. The number of pyridine rings is 1. The van der Waals surface area contributed by atoms with Crippen molar-refractivity contribution in [2.24, 2.45) is 0 Å². The molecule has 0 saturated carbocycles. The van der Waals surface area contributed by atoms with Crippen LogP contribution in [0, 0.1) is 6.92 Å². The number of rotatable bonds is 5. The van der Waals surface area contributed by atoms with Gasteiger partial charge < -0.3 is 4.90 Å². The molecule has 8 heteroatoms. The highest BCUT2D eigenvalue weighted by atomic mass is 16.2. The second-order valence-corrected chi connectivity index (χ2v) is 8.16. The Bertz CT molecular complexity index is 1230. The van der Waals surface area contributed by atoms with E-state index in [0.29, 0.717) is 18.9 Å². The summed E-state index contributed by atoms with van der Waals surface area (Å²) in [7, 11) is 0. The van der Waals surface area contributed by atoms with Crippen molar-refractivity contribution in [3.05, 3.63) is 66.5 Å². The number of likely N-dealkylation sites (tertiary alicyclic amines) is 1. The molecule has 32 heavy (non-hydrogen) atoms. The van der Waals surface area contributed by atoms with Crippen molar-refractivity contribution in [2.75, 3.05) is 13.1 Å². The van der Waals surface area contributed by atoms with Crippen molar-refractivity contribution in [3.8, 4) is 11.1 Å². The van der Waals surface area contributed by atoms with Gasteiger partial charge in [0.1, 0.15) is 11.3 Å². The molecule has 1 saturated heterocycles. The summed E-state index contributed by atoms with van der Waals surface area (Å²) in [4.78, 5) is 28.1. The number of carbonyl (C=O) groups excluding carboxylic acids is 1. The van der Waals surface area contributed by atoms with Crippen LogP contribution >= 0.6 is 0 Å². The molecule has 4 heterocycles. The highest BCUT2D eigenvalue weighted by Gasteiger charge is 2.27. The van der Waals surface area contributed by atoms with Crippen LogP contribution < -0.4 is 0 Å². The summed E-state index contributed by atoms with van der Waals surface area (Å²) in [5.74, 6) is 1.25. The Balaban J connectivity index is 1.24. The maximum atomic E-state index is 12.8. The number of fused-ring (bicyclic) bond motifs is 1. The molecule has 5 rings (SSSR count). The van der Waals surface area contributed by atoms with E-state index in [0.717, 1.165) is 59.6 Å². The Hall–Kier alpha value is -3.68. The number of aryl methyl sites for hydroxylation is 2. The summed E-state index contributed by atoms with van der Waals surface area (Å²) in [5.41, 5.74) is 5.02. The molecule has 0 unspecified atom stereocenters. The number of amides is 1. The predicted molar refractivity (Wildman–Crippen MR) is 121 cm³/mol. The first-order valence-corrected chi connectivity index (χ1v) is 11.0. The monoisotopic (exact) mass is 427 g/mol. The van der Waals surface area contributed by atoms with Crippen LogP contribution in [0.5, 0.6) is 0 Å². The van der Waals surface area contributed by atoms with Crippen LogP contribution in [0.1, 0.15) is 36.7 Å². The topological polar surface area (TPSA) is 89.7 Å². The van der Waals surface area contributed by atoms with Crippen LogP contribution in [0.4, 0.5) is 0 Å². The van der Waals surface area contributed by atoms with Gasteiger partial charge in [0.15, 0.2) is 0 Å². The van der Waals surface area contributed by atoms with Crippen molar-refractivity contribution in [1.82, 2.24) is 34.8 Å². The van der Waals surface area contributed by atoms with Crippen molar-refractivity contribution in [3.63, 3.8) is 0 Å². The lowest BCUT2D eigenvalue weighted by Crippen LogP contribution is -2.38. The van der Waals surface area contributed by atoms with E-state index in [9.17, 15) is 4.79 Å². The summed E-state index contributed by atoms with van der Waals surface area (Å²) in [6.45, 7) is 3.93. The number of nitrogens with zero attached hydrogens (tertiary/aromatic N) is 7. The SMILES string of the molecule is Cc1ncc(-c2ccncc2)c(C2CCN(C(=O)CCn3nnc4ccccc43)CC2)n1. The summed E-state index contributed by atoms with van der Waals surface area (Å²) in [6, 6.07) is 11.8. The lowest BCUT2D eigenvalue weighted by Gasteiger charge is -2.32. The molecule has 8 nitrogen and oxygen atoms in total. The summed E-state index contributed by atoms with van der Waals surface area (Å²) >= 11 is 0. The molecule has 1 fully saturated rings. The van der Waals surface area contributed by atoms with Gasteiger partial charge in [-0.2, -0.15) is 0 Å². The van der Waals surface area contributed by atoms with E-state index >= 15 is 0 Å². The fraction of sp³-hybridized carbons (Fsp3) is 0.333. The van der Waals surface area contributed by atoms with Gasteiger partial charge in [-0.15, -0.1) is 5.10 Å². The van der Waals surface area contributed by atoms with Crippen LogP contribution in [0.25, 0.3) is 22.2 Å². The van der Waals surface area contributed by atoms with E-state index in [4.69, 9.17) is 4.98 Å². The predicted octanol–water partition coefficient (Wildman–Crippen LogP) is 3.39. The van der Waals surface area contributed by atoms with Gasteiger partial charge in [-0.1, -0.05) is 17.3 Å². The van der Waals surface area contributed by atoms with E-state index in [-0.39, 0.29) is 5.91 Å². The Labute approximate surface area is 186 Å². The molecular weight excluding hydrogens is 402 g/mol. The molecule has 0 spiro atoms. The minimum absolute atomic E-state index is 0.163. The largest absolute Gasteiger partial charge is 0.343 e. The quantitative estimate of drug-likeness (QED) is 0.485. The van der Waals surface area contributed by atoms with Gasteiger partial charge in [0.25, 0.3) is 0 Å². The zero-order valence-electron chi connectivity index (χ0n) is 18.1. The molecular formula is C24H25N7O. The maximum absolute atomic E-state index is 12.8. The van der Waals surface area contributed by atoms with Crippen LogP contribution in [0.3, 0.4) is 0 Å². The number of aromatic nitrogens is 6. The number of benzene rings is 1. The van der Waals surface area contributed by atoms with E-state index in [2.05, 4.69) is 20.3 Å². The number of para-hydroxylation sites is 1. The van der Waals surface area contributed by atoms with Gasteiger partial charge in [0.05, 0.1) is 17.8 Å². The zero-order chi connectivity index (χ0) is 21.9. The standard InChI is InChI=1S/C24H25N7O/c1-17-26-16-20(18-6-11-25-12-7-18)24(27-17)19-8-13-30(14-9-19)23(32)10-15-31-22-5-3-2-4-21(22)28-29-31/h2-7,11-12,16,19H,8-10,13-15H2,1H3. The van der Waals surface area contributed by atoms with Gasteiger partial charge >= 0.3 is 0 Å². The first kappa shape index (κ1) is 20.2. The molecule has 0 N–H and O–H groups in total. The van der Waals surface area contributed by atoms with Crippen LogP contribution in [-0.4, -0.2) is 53.8 Å². The summed E-state index contributed by atoms with van der Waals surface area (Å²) < 4.78 is 1.81. The molecule has 162 valence electrons. The van der Waals surface area contributed by atoms with E-state index in [1.165, 1.54) is 0 Å². The molecule has 0 radical (unpaired) electrons. The lowest BCUT2D eigenvalue weighted by atomic mass is 9.89. The van der Waals surface area contributed by atoms with Crippen molar-refractivity contribution >= 4 is 16.9 Å². The molecule has 1 aliphatic heterocycles. The van der Waals surface area contributed by atoms with Crippen LogP contribution in [0.2, 0.25) is 0 Å². The summed E-state index contributed by atoms with van der Waals surface area (Å²) in [5, 5.41) is 8.35. The van der Waals surface area contributed by atoms with Gasteiger partial charge in [0, 0.05) is 49.6 Å². The fourth-order valence-corrected chi connectivity index (χ4v) is 4.40. The number of hydrogen-bond acceptors (Lipinski definition) is 6. The van der Waals surface area contributed by atoms with Gasteiger partial charge in [0.2, 0.25) is 5.91 Å². The number of piperidine rings is 1. The third-order valence-corrected chi connectivity index (χ3v) is 6.12. The number of hydrogen-bond donors (Lipinski definition) is 0.